The van der Waals surface area contributed by atoms with Crippen molar-refractivity contribution in [2.75, 3.05) is 26.2 Å². The molecule has 1 heterocycles. The van der Waals surface area contributed by atoms with Gasteiger partial charge in [0.05, 0.1) is 17.0 Å². The van der Waals surface area contributed by atoms with E-state index >= 15 is 0 Å². The van der Waals surface area contributed by atoms with Crippen LogP contribution in [-0.2, 0) is 16.8 Å². The van der Waals surface area contributed by atoms with Gasteiger partial charge in [0.25, 0.3) is 0 Å². The zero-order valence-electron chi connectivity index (χ0n) is 16.6. The molecule has 0 aromatic heterocycles. The van der Waals surface area contributed by atoms with E-state index in [1.165, 1.54) is 17.7 Å². The highest BCUT2D eigenvalue weighted by atomic mass is 19.1. The zero-order chi connectivity index (χ0) is 20.3. The summed E-state index contributed by atoms with van der Waals surface area (Å²) in [6.07, 6.45) is 3.56. The van der Waals surface area contributed by atoms with E-state index in [9.17, 15) is 9.18 Å². The Bertz CT molecular complexity index is 914. The minimum Gasteiger partial charge on any atom is -0.341 e. The van der Waals surface area contributed by atoms with Crippen molar-refractivity contribution >= 4 is 5.91 Å². The van der Waals surface area contributed by atoms with Crippen molar-refractivity contribution in [2.24, 2.45) is 0 Å². The summed E-state index contributed by atoms with van der Waals surface area (Å²) in [5, 5.41) is 8.94. The molecule has 1 saturated heterocycles. The second kappa shape index (κ2) is 8.34. The Morgan fingerprint density at radius 3 is 2.48 bits per heavy atom. The Kier molecular flexibility index (Phi) is 5.64. The Hall–Kier alpha value is -2.71. The average Bonchev–Trinajstić information content (AvgIpc) is 2.93. The third-order valence-corrected chi connectivity index (χ3v) is 6.36. The minimum atomic E-state index is -0.537. The van der Waals surface area contributed by atoms with Gasteiger partial charge in [-0.05, 0) is 54.7 Å². The van der Waals surface area contributed by atoms with Crippen LogP contribution in [0.1, 0.15) is 42.4 Å². The summed E-state index contributed by atoms with van der Waals surface area (Å²) in [6, 6.07) is 16.4. The van der Waals surface area contributed by atoms with Gasteiger partial charge in [-0.15, -0.1) is 0 Å². The number of nitrogens with zero attached hydrogens (tertiary/aromatic N) is 3. The third-order valence-electron chi connectivity index (χ3n) is 6.36. The maximum Gasteiger partial charge on any atom is 0.233 e. The van der Waals surface area contributed by atoms with Gasteiger partial charge in [-0.2, -0.15) is 5.26 Å². The molecule has 2 aromatic rings. The smallest absolute Gasteiger partial charge is 0.233 e. The second-order valence-electron chi connectivity index (χ2n) is 8.18. The van der Waals surface area contributed by atoms with Gasteiger partial charge >= 0.3 is 0 Å². The lowest BCUT2D eigenvalue weighted by molar-refractivity contribution is -0.140. The molecule has 1 aliphatic heterocycles. The van der Waals surface area contributed by atoms with Crippen LogP contribution in [0.25, 0.3) is 0 Å². The van der Waals surface area contributed by atoms with Crippen molar-refractivity contribution in [3.63, 3.8) is 0 Å². The zero-order valence-corrected chi connectivity index (χ0v) is 16.6. The molecule has 0 unspecified atom stereocenters. The Balaban J connectivity index is 1.42. The number of carbonyl (C=O) groups excluding carboxylic acids is 1. The molecule has 0 spiro atoms. The summed E-state index contributed by atoms with van der Waals surface area (Å²) in [5.41, 5.74) is 2.14. The number of nitriles is 1. The van der Waals surface area contributed by atoms with Gasteiger partial charge in [0, 0.05) is 32.7 Å². The first-order chi connectivity index (χ1) is 14.1. The standard InChI is InChI=1S/C24H26FN3O/c25-22-5-1-4-21(16-22)24(10-2-11-24)23(29)28-13-3-12-27(14-15-28)18-20-8-6-19(17-26)7-9-20/h1,4-9,16H,2-3,10-15,18H2. The fourth-order valence-corrected chi connectivity index (χ4v) is 4.52. The van der Waals surface area contributed by atoms with Gasteiger partial charge in [0.1, 0.15) is 5.82 Å². The molecule has 2 fully saturated rings. The van der Waals surface area contributed by atoms with Gasteiger partial charge < -0.3 is 4.90 Å². The maximum absolute atomic E-state index is 13.8. The molecule has 150 valence electrons. The largest absolute Gasteiger partial charge is 0.341 e. The number of benzene rings is 2. The number of hydrogen-bond acceptors (Lipinski definition) is 3. The third kappa shape index (κ3) is 4.04. The fourth-order valence-electron chi connectivity index (χ4n) is 4.52. The van der Waals surface area contributed by atoms with Gasteiger partial charge in [-0.3, -0.25) is 9.69 Å². The molecule has 2 aromatic carbocycles. The summed E-state index contributed by atoms with van der Waals surface area (Å²) in [6.45, 7) is 4.04. The molecule has 0 atom stereocenters. The Morgan fingerprint density at radius 1 is 1.03 bits per heavy atom. The number of amides is 1. The molecule has 4 nitrogen and oxygen atoms in total. The van der Waals surface area contributed by atoms with Crippen LogP contribution in [0.5, 0.6) is 0 Å². The van der Waals surface area contributed by atoms with E-state index in [4.69, 9.17) is 5.26 Å². The first kappa shape index (κ1) is 19.6. The van der Waals surface area contributed by atoms with E-state index in [1.807, 2.05) is 35.2 Å². The van der Waals surface area contributed by atoms with Crippen LogP contribution >= 0.6 is 0 Å². The number of hydrogen-bond donors (Lipinski definition) is 0. The predicted molar refractivity (Wildman–Crippen MR) is 110 cm³/mol. The van der Waals surface area contributed by atoms with Crippen LogP contribution in [-0.4, -0.2) is 41.9 Å². The summed E-state index contributed by atoms with van der Waals surface area (Å²) in [4.78, 5) is 17.8. The van der Waals surface area contributed by atoms with Crippen molar-refractivity contribution < 1.29 is 9.18 Å². The highest BCUT2D eigenvalue weighted by Gasteiger charge is 2.47. The average molecular weight is 391 g/mol. The summed E-state index contributed by atoms with van der Waals surface area (Å²) in [7, 11) is 0. The molecular formula is C24H26FN3O. The Labute approximate surface area is 171 Å². The predicted octanol–water partition coefficient (Wildman–Crippen LogP) is 3.85. The van der Waals surface area contributed by atoms with Crippen molar-refractivity contribution in [3.05, 3.63) is 71.0 Å². The second-order valence-corrected chi connectivity index (χ2v) is 8.18. The molecule has 29 heavy (non-hydrogen) atoms. The fraction of sp³-hybridized carbons (Fsp3) is 0.417. The molecule has 0 N–H and O–H groups in total. The van der Waals surface area contributed by atoms with Crippen LogP contribution in [0.3, 0.4) is 0 Å². The molecular weight excluding hydrogens is 365 g/mol. The molecule has 5 heteroatoms. The van der Waals surface area contributed by atoms with E-state index in [1.54, 1.807) is 6.07 Å². The van der Waals surface area contributed by atoms with E-state index in [0.717, 1.165) is 57.4 Å². The van der Waals surface area contributed by atoms with Crippen LogP contribution in [0.2, 0.25) is 0 Å². The van der Waals surface area contributed by atoms with E-state index in [2.05, 4.69) is 11.0 Å². The SMILES string of the molecule is N#Cc1ccc(CN2CCCN(C(=O)C3(c4cccc(F)c4)CCC3)CC2)cc1. The minimum absolute atomic E-state index is 0.162. The summed E-state index contributed by atoms with van der Waals surface area (Å²) >= 11 is 0. The lowest BCUT2D eigenvalue weighted by atomic mass is 9.63. The van der Waals surface area contributed by atoms with Gasteiger partial charge in [0.15, 0.2) is 0 Å². The molecule has 0 radical (unpaired) electrons. The quantitative estimate of drug-likeness (QED) is 0.795. The topological polar surface area (TPSA) is 47.3 Å². The molecule has 1 saturated carbocycles. The molecule has 0 bridgehead atoms. The summed E-state index contributed by atoms with van der Waals surface area (Å²) in [5.74, 6) is -0.111. The van der Waals surface area contributed by atoms with Crippen molar-refractivity contribution in [1.82, 2.24) is 9.80 Å². The number of halogens is 1. The molecule has 1 aliphatic carbocycles. The van der Waals surface area contributed by atoms with Crippen LogP contribution in [0.4, 0.5) is 4.39 Å². The number of carbonyl (C=O) groups is 1. The van der Waals surface area contributed by atoms with Crippen molar-refractivity contribution in [2.45, 2.75) is 37.6 Å². The first-order valence-electron chi connectivity index (χ1n) is 10.4. The van der Waals surface area contributed by atoms with Crippen molar-refractivity contribution in [3.8, 4) is 6.07 Å². The molecule has 2 aliphatic rings. The van der Waals surface area contributed by atoms with Gasteiger partial charge in [-0.1, -0.05) is 30.7 Å². The normalized spacial score (nSPS) is 19.1. The monoisotopic (exact) mass is 391 g/mol. The first-order valence-corrected chi connectivity index (χ1v) is 10.4. The highest BCUT2D eigenvalue weighted by molar-refractivity contribution is 5.89. The summed E-state index contributed by atoms with van der Waals surface area (Å²) < 4.78 is 13.8. The molecule has 4 rings (SSSR count). The van der Waals surface area contributed by atoms with E-state index in [0.29, 0.717) is 12.1 Å². The highest BCUT2D eigenvalue weighted by Crippen LogP contribution is 2.45. The van der Waals surface area contributed by atoms with Crippen LogP contribution in [0.15, 0.2) is 48.5 Å². The van der Waals surface area contributed by atoms with E-state index in [-0.39, 0.29) is 11.7 Å². The van der Waals surface area contributed by atoms with Gasteiger partial charge in [-0.25, -0.2) is 4.39 Å². The van der Waals surface area contributed by atoms with E-state index < -0.39 is 5.41 Å². The lowest BCUT2D eigenvalue weighted by Gasteiger charge is -2.44. The number of rotatable bonds is 4. The van der Waals surface area contributed by atoms with Crippen molar-refractivity contribution in [1.29, 1.82) is 5.26 Å². The van der Waals surface area contributed by atoms with Crippen LogP contribution < -0.4 is 0 Å². The van der Waals surface area contributed by atoms with Crippen LogP contribution in [0, 0.1) is 17.1 Å². The Morgan fingerprint density at radius 2 is 1.83 bits per heavy atom. The lowest BCUT2D eigenvalue weighted by Crippen LogP contribution is -2.52. The van der Waals surface area contributed by atoms with Gasteiger partial charge in [0.2, 0.25) is 5.91 Å². The molecule has 1 amide bonds. The maximum atomic E-state index is 13.8.